The maximum Gasteiger partial charge on any atom is 0.0220 e. The SMILES string of the molecule is CCCCC(C)N1CCCNC(C(C)CC)C1. The Balaban J connectivity index is 2.47. The Bertz CT molecular complexity index is 193. The van der Waals surface area contributed by atoms with Crippen molar-refractivity contribution < 1.29 is 0 Å². The van der Waals surface area contributed by atoms with E-state index in [2.05, 4.69) is 37.9 Å². The van der Waals surface area contributed by atoms with Gasteiger partial charge in [0.25, 0.3) is 0 Å². The Labute approximate surface area is 108 Å². The second-order valence-electron chi connectivity index (χ2n) is 5.79. The molecule has 3 atom stereocenters. The fraction of sp³-hybridized carbons (Fsp3) is 1.00. The molecule has 2 heteroatoms. The Morgan fingerprint density at radius 3 is 2.71 bits per heavy atom. The van der Waals surface area contributed by atoms with Gasteiger partial charge in [-0.2, -0.15) is 0 Å². The van der Waals surface area contributed by atoms with E-state index in [1.165, 1.54) is 51.7 Å². The first kappa shape index (κ1) is 15.0. The van der Waals surface area contributed by atoms with Crippen molar-refractivity contribution in [3.63, 3.8) is 0 Å². The zero-order valence-electron chi connectivity index (χ0n) is 12.3. The Kier molecular flexibility index (Phi) is 7.14. The molecular formula is C15H32N2. The summed E-state index contributed by atoms with van der Waals surface area (Å²) in [5.74, 6) is 0.800. The molecule has 0 aromatic carbocycles. The van der Waals surface area contributed by atoms with Crippen molar-refractivity contribution >= 4 is 0 Å². The molecular weight excluding hydrogens is 208 g/mol. The highest BCUT2D eigenvalue weighted by molar-refractivity contribution is 4.82. The van der Waals surface area contributed by atoms with Crippen LogP contribution in [0.5, 0.6) is 0 Å². The largest absolute Gasteiger partial charge is 0.312 e. The third-order valence-corrected chi connectivity index (χ3v) is 4.39. The molecule has 1 saturated heterocycles. The molecule has 3 unspecified atom stereocenters. The lowest BCUT2D eigenvalue weighted by atomic mass is 9.98. The van der Waals surface area contributed by atoms with E-state index in [9.17, 15) is 0 Å². The molecule has 2 nitrogen and oxygen atoms in total. The lowest BCUT2D eigenvalue weighted by molar-refractivity contribution is 0.177. The second-order valence-corrected chi connectivity index (χ2v) is 5.79. The van der Waals surface area contributed by atoms with E-state index < -0.39 is 0 Å². The minimum Gasteiger partial charge on any atom is -0.312 e. The second kappa shape index (κ2) is 8.10. The summed E-state index contributed by atoms with van der Waals surface area (Å²) < 4.78 is 0. The summed E-state index contributed by atoms with van der Waals surface area (Å²) >= 11 is 0. The summed E-state index contributed by atoms with van der Waals surface area (Å²) in [7, 11) is 0. The maximum absolute atomic E-state index is 3.73. The summed E-state index contributed by atoms with van der Waals surface area (Å²) in [6.45, 7) is 13.1. The highest BCUT2D eigenvalue weighted by Crippen LogP contribution is 2.16. The fourth-order valence-electron chi connectivity index (χ4n) is 2.73. The molecule has 0 bridgehead atoms. The number of nitrogens with zero attached hydrogens (tertiary/aromatic N) is 1. The van der Waals surface area contributed by atoms with Crippen molar-refractivity contribution in [2.75, 3.05) is 19.6 Å². The van der Waals surface area contributed by atoms with Gasteiger partial charge in [-0.25, -0.2) is 0 Å². The lowest BCUT2D eigenvalue weighted by Crippen LogP contribution is -2.44. The zero-order chi connectivity index (χ0) is 12.7. The summed E-state index contributed by atoms with van der Waals surface area (Å²) in [6, 6.07) is 1.47. The van der Waals surface area contributed by atoms with Gasteiger partial charge < -0.3 is 5.32 Å². The predicted octanol–water partition coefficient (Wildman–Crippen LogP) is 3.28. The minimum atomic E-state index is 0.701. The van der Waals surface area contributed by atoms with Gasteiger partial charge in [0.2, 0.25) is 0 Å². The topological polar surface area (TPSA) is 15.3 Å². The van der Waals surface area contributed by atoms with Gasteiger partial charge in [-0.05, 0) is 38.8 Å². The van der Waals surface area contributed by atoms with Gasteiger partial charge in [0.1, 0.15) is 0 Å². The summed E-state index contributed by atoms with van der Waals surface area (Å²) in [4.78, 5) is 2.71. The Morgan fingerprint density at radius 2 is 2.06 bits per heavy atom. The molecule has 0 radical (unpaired) electrons. The standard InChI is InChI=1S/C15H32N2/c1-5-7-9-14(4)17-11-8-10-16-15(12-17)13(3)6-2/h13-16H,5-12H2,1-4H3. The number of unbranched alkanes of at least 4 members (excludes halogenated alkanes) is 1. The van der Waals surface area contributed by atoms with Crippen molar-refractivity contribution in [2.24, 2.45) is 5.92 Å². The van der Waals surface area contributed by atoms with Crippen molar-refractivity contribution in [3.8, 4) is 0 Å². The first-order chi connectivity index (χ1) is 8.19. The third-order valence-electron chi connectivity index (χ3n) is 4.39. The number of nitrogens with one attached hydrogen (secondary N) is 1. The van der Waals surface area contributed by atoms with Crippen LogP contribution in [0.4, 0.5) is 0 Å². The quantitative estimate of drug-likeness (QED) is 0.766. The van der Waals surface area contributed by atoms with E-state index in [4.69, 9.17) is 0 Å². The van der Waals surface area contributed by atoms with E-state index in [1.54, 1.807) is 0 Å². The van der Waals surface area contributed by atoms with Crippen LogP contribution in [0.2, 0.25) is 0 Å². The molecule has 0 amide bonds. The lowest BCUT2D eigenvalue weighted by Gasteiger charge is -2.32. The van der Waals surface area contributed by atoms with Crippen LogP contribution in [-0.4, -0.2) is 36.6 Å². The van der Waals surface area contributed by atoms with Crippen LogP contribution < -0.4 is 5.32 Å². The zero-order valence-corrected chi connectivity index (χ0v) is 12.3. The van der Waals surface area contributed by atoms with Crippen molar-refractivity contribution in [1.29, 1.82) is 0 Å². The number of rotatable bonds is 6. The Hall–Kier alpha value is -0.0800. The summed E-state index contributed by atoms with van der Waals surface area (Å²) in [6.07, 6.45) is 6.66. The van der Waals surface area contributed by atoms with E-state index in [-0.39, 0.29) is 0 Å². The summed E-state index contributed by atoms with van der Waals surface area (Å²) in [5, 5.41) is 3.73. The van der Waals surface area contributed by atoms with E-state index in [1.807, 2.05) is 0 Å². The van der Waals surface area contributed by atoms with Crippen LogP contribution >= 0.6 is 0 Å². The van der Waals surface area contributed by atoms with Crippen molar-refractivity contribution in [1.82, 2.24) is 10.2 Å². The molecule has 0 aromatic heterocycles. The molecule has 1 N–H and O–H groups in total. The number of hydrogen-bond donors (Lipinski definition) is 1. The average molecular weight is 240 g/mol. The third kappa shape index (κ3) is 4.97. The highest BCUT2D eigenvalue weighted by Gasteiger charge is 2.24. The predicted molar refractivity (Wildman–Crippen MR) is 76.4 cm³/mol. The van der Waals surface area contributed by atoms with Crippen molar-refractivity contribution in [3.05, 3.63) is 0 Å². The minimum absolute atomic E-state index is 0.701. The summed E-state index contributed by atoms with van der Waals surface area (Å²) in [5.41, 5.74) is 0. The van der Waals surface area contributed by atoms with Crippen LogP contribution in [0.25, 0.3) is 0 Å². The average Bonchev–Trinajstić information content (AvgIpc) is 2.60. The molecule has 0 saturated carbocycles. The van der Waals surface area contributed by atoms with Gasteiger partial charge in [0.05, 0.1) is 0 Å². The van der Waals surface area contributed by atoms with Crippen LogP contribution in [0.3, 0.4) is 0 Å². The van der Waals surface area contributed by atoms with E-state index in [0.717, 1.165) is 12.0 Å². The van der Waals surface area contributed by atoms with Gasteiger partial charge in [0.15, 0.2) is 0 Å². The van der Waals surface area contributed by atoms with Gasteiger partial charge in [0, 0.05) is 18.6 Å². The molecule has 1 rings (SSSR count). The van der Waals surface area contributed by atoms with Gasteiger partial charge in [-0.3, -0.25) is 4.90 Å². The molecule has 1 fully saturated rings. The molecule has 1 aliphatic heterocycles. The molecule has 0 aromatic rings. The molecule has 0 spiro atoms. The molecule has 102 valence electrons. The smallest absolute Gasteiger partial charge is 0.0220 e. The van der Waals surface area contributed by atoms with Crippen LogP contribution in [0.15, 0.2) is 0 Å². The van der Waals surface area contributed by atoms with Crippen LogP contribution in [-0.2, 0) is 0 Å². The highest BCUT2D eigenvalue weighted by atomic mass is 15.2. The normalized spacial score (nSPS) is 26.5. The first-order valence-corrected chi connectivity index (χ1v) is 7.66. The van der Waals surface area contributed by atoms with Gasteiger partial charge >= 0.3 is 0 Å². The van der Waals surface area contributed by atoms with E-state index >= 15 is 0 Å². The fourth-order valence-corrected chi connectivity index (χ4v) is 2.73. The Morgan fingerprint density at radius 1 is 1.29 bits per heavy atom. The van der Waals surface area contributed by atoms with Gasteiger partial charge in [-0.15, -0.1) is 0 Å². The number of hydrogen-bond acceptors (Lipinski definition) is 2. The first-order valence-electron chi connectivity index (χ1n) is 7.66. The van der Waals surface area contributed by atoms with Crippen LogP contribution in [0.1, 0.15) is 59.8 Å². The molecule has 0 aliphatic carbocycles. The van der Waals surface area contributed by atoms with Crippen molar-refractivity contribution in [2.45, 2.75) is 71.9 Å². The molecule has 1 heterocycles. The monoisotopic (exact) mass is 240 g/mol. The van der Waals surface area contributed by atoms with E-state index in [0.29, 0.717) is 6.04 Å². The maximum atomic E-state index is 3.73. The van der Waals surface area contributed by atoms with Gasteiger partial charge in [-0.1, -0.05) is 40.0 Å². The molecule has 17 heavy (non-hydrogen) atoms. The molecule has 1 aliphatic rings. The van der Waals surface area contributed by atoms with Crippen LogP contribution in [0, 0.1) is 5.92 Å².